The van der Waals surface area contributed by atoms with Gasteiger partial charge in [0.1, 0.15) is 4.70 Å². The Hall–Kier alpha value is -1.78. The molecule has 0 fully saturated rings. The fourth-order valence-corrected chi connectivity index (χ4v) is 7.31. The van der Waals surface area contributed by atoms with E-state index in [-0.39, 0.29) is 0 Å². The Balaban J connectivity index is 1.52. The molecule has 4 heteroatoms. The van der Waals surface area contributed by atoms with Crippen LogP contribution in [0.25, 0.3) is 16.3 Å². The van der Waals surface area contributed by atoms with E-state index < -0.39 is 0 Å². The van der Waals surface area contributed by atoms with Gasteiger partial charge in [-0.15, -0.1) is 0 Å². The zero-order chi connectivity index (χ0) is 24.3. The number of thioether (sulfide) groups is 1. The number of aryl methyl sites for hydroxylation is 1. The van der Waals surface area contributed by atoms with E-state index in [1.165, 1.54) is 108 Å². The van der Waals surface area contributed by atoms with Crippen LogP contribution in [0.15, 0.2) is 58.5 Å². The smallest absolute Gasteiger partial charge is 0.265 e. The van der Waals surface area contributed by atoms with Gasteiger partial charge < -0.3 is 4.90 Å². The lowest BCUT2D eigenvalue weighted by Gasteiger charge is -2.20. The Morgan fingerprint density at radius 3 is 2.20 bits per heavy atom. The van der Waals surface area contributed by atoms with Crippen molar-refractivity contribution >= 4 is 45.1 Å². The van der Waals surface area contributed by atoms with Gasteiger partial charge in [0.05, 0.1) is 16.8 Å². The summed E-state index contributed by atoms with van der Waals surface area (Å²) in [5.41, 5.74) is 2.78. The molecule has 0 atom stereocenters. The molecule has 0 spiro atoms. The Morgan fingerprint density at radius 2 is 1.40 bits per heavy atom. The normalized spacial score (nSPS) is 14.3. The molecule has 2 aromatic carbocycles. The van der Waals surface area contributed by atoms with Crippen LogP contribution in [0, 0.1) is 0 Å². The van der Waals surface area contributed by atoms with Crippen molar-refractivity contribution in [3.63, 3.8) is 0 Å². The summed E-state index contributed by atoms with van der Waals surface area (Å²) >= 11 is 3.89. The molecular formula is C31H43N2S2+. The first kappa shape index (κ1) is 26.3. The Morgan fingerprint density at radius 1 is 0.743 bits per heavy atom. The highest BCUT2D eigenvalue weighted by molar-refractivity contribution is 8.03. The van der Waals surface area contributed by atoms with Crippen molar-refractivity contribution in [2.24, 2.45) is 0 Å². The lowest BCUT2D eigenvalue weighted by molar-refractivity contribution is -0.669. The highest BCUT2D eigenvalue weighted by atomic mass is 32.2. The van der Waals surface area contributed by atoms with Crippen molar-refractivity contribution in [2.75, 3.05) is 11.4 Å². The average Bonchev–Trinajstić information content (AvgIpc) is 3.41. The van der Waals surface area contributed by atoms with Crippen molar-refractivity contribution in [1.82, 2.24) is 0 Å². The summed E-state index contributed by atoms with van der Waals surface area (Å²) in [5, 5.41) is 2.78. The van der Waals surface area contributed by atoms with Crippen LogP contribution in [-0.4, -0.2) is 6.54 Å². The molecule has 0 saturated heterocycles. The van der Waals surface area contributed by atoms with Crippen LogP contribution in [-0.2, 0) is 6.54 Å². The van der Waals surface area contributed by atoms with Crippen LogP contribution in [0.1, 0.15) is 95.9 Å². The predicted octanol–water partition coefficient (Wildman–Crippen LogP) is 9.82. The number of anilines is 1. The van der Waals surface area contributed by atoms with Gasteiger partial charge in [-0.2, -0.15) is 4.57 Å². The highest BCUT2D eigenvalue weighted by Crippen LogP contribution is 2.46. The van der Waals surface area contributed by atoms with E-state index in [2.05, 4.69) is 77.9 Å². The van der Waals surface area contributed by atoms with Crippen LogP contribution in [0.3, 0.4) is 0 Å². The summed E-state index contributed by atoms with van der Waals surface area (Å²) in [5.74, 6) is 0. The number of rotatable bonds is 15. The molecule has 35 heavy (non-hydrogen) atoms. The number of hydrogen-bond acceptors (Lipinski definition) is 3. The molecule has 0 N–H and O–H groups in total. The number of nitrogens with zero attached hydrogens (tertiary/aromatic N) is 2. The first-order valence-corrected chi connectivity index (χ1v) is 15.6. The lowest BCUT2D eigenvalue weighted by atomic mass is 10.1. The molecule has 2 nitrogen and oxygen atoms in total. The average molecular weight is 508 g/mol. The third kappa shape index (κ3) is 7.13. The van der Waals surface area contributed by atoms with Crippen LogP contribution in [0.2, 0.25) is 0 Å². The number of hydrogen-bond donors (Lipinski definition) is 0. The number of aromatic nitrogens is 1. The third-order valence-corrected chi connectivity index (χ3v) is 9.22. The van der Waals surface area contributed by atoms with Gasteiger partial charge in [0.2, 0.25) is 5.52 Å². The molecule has 0 saturated carbocycles. The van der Waals surface area contributed by atoms with E-state index in [0.717, 1.165) is 13.1 Å². The minimum Gasteiger partial charge on any atom is -0.335 e. The number of fused-ring (bicyclic) bond motifs is 2. The minimum atomic E-state index is 1.12. The molecule has 0 unspecified atom stereocenters. The number of benzene rings is 2. The van der Waals surface area contributed by atoms with Crippen LogP contribution in [0.5, 0.6) is 0 Å². The van der Waals surface area contributed by atoms with Gasteiger partial charge in [-0.05, 0) is 31.0 Å². The second-order valence-corrected chi connectivity index (χ2v) is 11.9. The summed E-state index contributed by atoms with van der Waals surface area (Å²) in [6, 6.07) is 17.9. The van der Waals surface area contributed by atoms with Crippen molar-refractivity contribution in [3.05, 3.63) is 58.6 Å². The maximum Gasteiger partial charge on any atom is 0.265 e. The zero-order valence-corrected chi connectivity index (χ0v) is 23.4. The molecule has 0 bridgehead atoms. The van der Waals surface area contributed by atoms with Gasteiger partial charge in [0, 0.05) is 23.9 Å². The quantitative estimate of drug-likeness (QED) is 0.149. The summed E-state index contributed by atoms with van der Waals surface area (Å²) < 4.78 is 3.98. The van der Waals surface area contributed by atoms with Gasteiger partial charge in [-0.1, -0.05) is 119 Å². The van der Waals surface area contributed by atoms with Gasteiger partial charge in [-0.25, -0.2) is 0 Å². The largest absolute Gasteiger partial charge is 0.335 e. The molecule has 3 aromatic rings. The van der Waals surface area contributed by atoms with E-state index in [1.54, 1.807) is 0 Å². The maximum atomic E-state index is 2.58. The van der Waals surface area contributed by atoms with Crippen molar-refractivity contribution in [2.45, 2.75) is 102 Å². The Bertz CT molecular complexity index is 1080. The monoisotopic (exact) mass is 507 g/mol. The van der Waals surface area contributed by atoms with Gasteiger partial charge in [0.15, 0.2) is 6.54 Å². The van der Waals surface area contributed by atoms with E-state index in [4.69, 9.17) is 0 Å². The second-order valence-electron chi connectivity index (χ2n) is 9.80. The number of thiazole rings is 1. The predicted molar refractivity (Wildman–Crippen MR) is 156 cm³/mol. The van der Waals surface area contributed by atoms with E-state index in [9.17, 15) is 0 Å². The van der Waals surface area contributed by atoms with Gasteiger partial charge >= 0.3 is 0 Å². The minimum absolute atomic E-state index is 1.12. The van der Waals surface area contributed by atoms with Gasteiger partial charge in [-0.3, -0.25) is 0 Å². The fraction of sp³-hybridized carbons (Fsp3) is 0.516. The molecule has 188 valence electrons. The highest BCUT2D eigenvalue weighted by Gasteiger charge is 2.27. The van der Waals surface area contributed by atoms with Crippen LogP contribution < -0.4 is 9.47 Å². The van der Waals surface area contributed by atoms with Crippen molar-refractivity contribution in [3.8, 4) is 0 Å². The fourth-order valence-electron chi connectivity index (χ4n) is 4.99. The molecular weight excluding hydrogens is 464 g/mol. The van der Waals surface area contributed by atoms with Crippen LogP contribution in [0.4, 0.5) is 5.69 Å². The molecule has 1 aromatic heterocycles. The summed E-state index contributed by atoms with van der Waals surface area (Å²) in [7, 11) is 0. The SMILES string of the molecule is CCCCCCCCN1/C(=C\c2sc3ccccc3[n+]2CCCCCCCC)Sc2ccccc21. The molecule has 4 rings (SSSR count). The maximum absolute atomic E-state index is 2.58. The van der Waals surface area contributed by atoms with Crippen molar-refractivity contribution in [1.29, 1.82) is 0 Å². The Labute approximate surface area is 221 Å². The lowest BCUT2D eigenvalue weighted by Crippen LogP contribution is -2.35. The number of unbranched alkanes of at least 4 members (excludes halogenated alkanes) is 10. The van der Waals surface area contributed by atoms with Crippen LogP contribution >= 0.6 is 23.1 Å². The standard InChI is InChI=1S/C31H43N2S2/c1-3-5-7-9-11-17-23-32-26-19-13-15-21-28(26)34-30(32)25-31-33(24-18-12-10-8-6-4-2)27-20-14-16-22-29(27)35-31/h13-16,19-22,25H,3-12,17-18,23-24H2,1-2H3/q+1. The summed E-state index contributed by atoms with van der Waals surface area (Å²) in [6.07, 6.45) is 18.5. The van der Waals surface area contributed by atoms with E-state index in [0.29, 0.717) is 0 Å². The summed E-state index contributed by atoms with van der Waals surface area (Å²) in [4.78, 5) is 3.98. The van der Waals surface area contributed by atoms with E-state index >= 15 is 0 Å². The van der Waals surface area contributed by atoms with Gasteiger partial charge in [0.25, 0.3) is 5.01 Å². The van der Waals surface area contributed by atoms with E-state index in [1.807, 2.05) is 23.1 Å². The molecule has 1 aliphatic heterocycles. The first-order chi connectivity index (χ1) is 17.3. The number of para-hydroxylation sites is 2. The molecule has 0 radical (unpaired) electrons. The third-order valence-electron chi connectivity index (χ3n) is 6.99. The topological polar surface area (TPSA) is 7.12 Å². The van der Waals surface area contributed by atoms with Crippen molar-refractivity contribution < 1.29 is 4.57 Å². The summed E-state index contributed by atoms with van der Waals surface area (Å²) in [6.45, 7) is 6.82. The molecule has 0 aliphatic carbocycles. The Kier molecular flexibility index (Phi) is 10.6. The molecule has 1 aliphatic rings. The second kappa shape index (κ2) is 14.1. The molecule has 2 heterocycles. The molecule has 0 amide bonds. The zero-order valence-electron chi connectivity index (χ0n) is 21.8. The first-order valence-electron chi connectivity index (χ1n) is 14.0.